The lowest BCUT2D eigenvalue weighted by Gasteiger charge is -2.10. The molecule has 76 valence electrons. The van der Waals surface area contributed by atoms with Crippen LogP contribution in [-0.2, 0) is 4.74 Å². The van der Waals surface area contributed by atoms with E-state index in [4.69, 9.17) is 4.74 Å². The van der Waals surface area contributed by atoms with Crippen molar-refractivity contribution >= 4 is 0 Å². The third-order valence-electron chi connectivity index (χ3n) is 2.70. The van der Waals surface area contributed by atoms with Gasteiger partial charge in [0.05, 0.1) is 6.10 Å². The van der Waals surface area contributed by atoms with Gasteiger partial charge >= 0.3 is 0 Å². The molecule has 1 N–H and O–H groups in total. The summed E-state index contributed by atoms with van der Waals surface area (Å²) in [6.45, 7) is 0.874. The summed E-state index contributed by atoms with van der Waals surface area (Å²) in [7, 11) is 1.72. The Balaban J connectivity index is 2.06. The predicted molar refractivity (Wildman–Crippen MR) is 52.6 cm³/mol. The van der Waals surface area contributed by atoms with Crippen LogP contribution in [0.4, 0.5) is 4.39 Å². The van der Waals surface area contributed by atoms with Gasteiger partial charge in [-0.1, -0.05) is 12.1 Å². The average molecular weight is 195 g/mol. The fourth-order valence-electron chi connectivity index (χ4n) is 1.83. The Morgan fingerprint density at radius 2 is 2.07 bits per heavy atom. The zero-order valence-electron chi connectivity index (χ0n) is 8.16. The van der Waals surface area contributed by atoms with Crippen LogP contribution in [0.1, 0.15) is 18.0 Å². The van der Waals surface area contributed by atoms with E-state index in [1.54, 1.807) is 7.11 Å². The van der Waals surface area contributed by atoms with Crippen molar-refractivity contribution in [2.75, 3.05) is 13.7 Å². The van der Waals surface area contributed by atoms with Crippen LogP contribution < -0.4 is 5.32 Å². The number of rotatable bonds is 2. The fourth-order valence-corrected chi connectivity index (χ4v) is 1.83. The summed E-state index contributed by atoms with van der Waals surface area (Å²) in [6.07, 6.45) is 1.24. The Kier molecular flexibility index (Phi) is 2.79. The summed E-state index contributed by atoms with van der Waals surface area (Å²) < 4.78 is 17.9. The molecule has 0 radical (unpaired) electrons. The predicted octanol–water partition coefficient (Wildman–Crippen LogP) is 1.88. The van der Waals surface area contributed by atoms with E-state index in [2.05, 4.69) is 5.32 Å². The van der Waals surface area contributed by atoms with Gasteiger partial charge in [0.2, 0.25) is 0 Å². The van der Waals surface area contributed by atoms with Crippen molar-refractivity contribution in [3.05, 3.63) is 35.6 Å². The molecule has 0 bridgehead atoms. The van der Waals surface area contributed by atoms with Crippen molar-refractivity contribution in [2.45, 2.75) is 18.6 Å². The van der Waals surface area contributed by atoms with Crippen LogP contribution in [0.5, 0.6) is 0 Å². The minimum Gasteiger partial charge on any atom is -0.380 e. The topological polar surface area (TPSA) is 21.3 Å². The van der Waals surface area contributed by atoms with Gasteiger partial charge in [-0.3, -0.25) is 0 Å². The molecule has 1 saturated heterocycles. The van der Waals surface area contributed by atoms with E-state index < -0.39 is 0 Å². The third kappa shape index (κ3) is 1.94. The molecule has 0 amide bonds. The van der Waals surface area contributed by atoms with Gasteiger partial charge in [0.1, 0.15) is 5.82 Å². The first-order chi connectivity index (χ1) is 6.79. The van der Waals surface area contributed by atoms with E-state index in [9.17, 15) is 4.39 Å². The normalized spacial score (nSPS) is 26.7. The van der Waals surface area contributed by atoms with Crippen LogP contribution in [0.25, 0.3) is 0 Å². The highest BCUT2D eigenvalue weighted by Gasteiger charge is 2.24. The Morgan fingerprint density at radius 3 is 2.64 bits per heavy atom. The van der Waals surface area contributed by atoms with Crippen molar-refractivity contribution < 1.29 is 9.13 Å². The molecule has 1 aromatic rings. The van der Waals surface area contributed by atoms with Gasteiger partial charge < -0.3 is 10.1 Å². The van der Waals surface area contributed by atoms with E-state index >= 15 is 0 Å². The highest BCUT2D eigenvalue weighted by atomic mass is 19.1. The Morgan fingerprint density at radius 1 is 1.36 bits per heavy atom. The van der Waals surface area contributed by atoms with Gasteiger partial charge in [0, 0.05) is 19.7 Å². The number of benzene rings is 1. The number of hydrogen-bond donors (Lipinski definition) is 1. The van der Waals surface area contributed by atoms with Gasteiger partial charge in [-0.25, -0.2) is 4.39 Å². The number of nitrogens with one attached hydrogen (secondary N) is 1. The monoisotopic (exact) mass is 195 g/mol. The molecule has 0 spiro atoms. The fraction of sp³-hybridized carbons (Fsp3) is 0.455. The molecule has 2 unspecified atom stereocenters. The van der Waals surface area contributed by atoms with Crippen LogP contribution in [0.2, 0.25) is 0 Å². The first kappa shape index (κ1) is 9.62. The average Bonchev–Trinajstić information content (AvgIpc) is 2.67. The number of methoxy groups -OCH3 is 1. The van der Waals surface area contributed by atoms with Gasteiger partial charge in [0.15, 0.2) is 0 Å². The molecule has 14 heavy (non-hydrogen) atoms. The Hall–Kier alpha value is -0.930. The van der Waals surface area contributed by atoms with E-state index in [0.29, 0.717) is 6.04 Å². The SMILES string of the molecule is COC1CNC(c2ccc(F)cc2)C1. The van der Waals surface area contributed by atoms with E-state index in [-0.39, 0.29) is 11.9 Å². The summed E-state index contributed by atoms with van der Waals surface area (Å²) in [4.78, 5) is 0. The first-order valence-corrected chi connectivity index (χ1v) is 4.81. The number of hydrogen-bond acceptors (Lipinski definition) is 2. The lowest BCUT2D eigenvalue weighted by atomic mass is 10.0. The van der Waals surface area contributed by atoms with Crippen LogP contribution in [0, 0.1) is 5.82 Å². The van der Waals surface area contributed by atoms with Crippen molar-refractivity contribution in [1.29, 1.82) is 0 Å². The van der Waals surface area contributed by atoms with Gasteiger partial charge in [-0.05, 0) is 24.1 Å². The maximum Gasteiger partial charge on any atom is 0.123 e. The third-order valence-corrected chi connectivity index (χ3v) is 2.70. The number of halogens is 1. The van der Waals surface area contributed by atoms with Gasteiger partial charge in [-0.15, -0.1) is 0 Å². The van der Waals surface area contributed by atoms with Crippen molar-refractivity contribution in [1.82, 2.24) is 5.32 Å². The lowest BCUT2D eigenvalue weighted by Crippen LogP contribution is -2.16. The summed E-state index contributed by atoms with van der Waals surface area (Å²) >= 11 is 0. The minimum atomic E-state index is -0.185. The van der Waals surface area contributed by atoms with Crippen molar-refractivity contribution in [2.24, 2.45) is 0 Å². The second-order valence-corrected chi connectivity index (χ2v) is 3.61. The smallest absolute Gasteiger partial charge is 0.123 e. The first-order valence-electron chi connectivity index (χ1n) is 4.81. The zero-order valence-corrected chi connectivity index (χ0v) is 8.16. The molecular weight excluding hydrogens is 181 g/mol. The molecule has 0 aliphatic carbocycles. The second kappa shape index (κ2) is 4.07. The summed E-state index contributed by atoms with van der Waals surface area (Å²) in [6, 6.07) is 6.95. The molecule has 1 fully saturated rings. The minimum absolute atomic E-state index is 0.185. The molecule has 3 heteroatoms. The molecule has 1 heterocycles. The van der Waals surface area contributed by atoms with Crippen LogP contribution in [0.3, 0.4) is 0 Å². The standard InChI is InChI=1S/C11H14FNO/c1-14-10-6-11(13-7-10)8-2-4-9(12)5-3-8/h2-5,10-11,13H,6-7H2,1H3. The summed E-state index contributed by atoms with van der Waals surface area (Å²) in [5, 5.41) is 3.35. The molecule has 0 saturated carbocycles. The Labute approximate surface area is 83.1 Å². The van der Waals surface area contributed by atoms with E-state index in [1.807, 2.05) is 12.1 Å². The molecule has 1 aliphatic heterocycles. The van der Waals surface area contributed by atoms with Gasteiger partial charge in [-0.2, -0.15) is 0 Å². The van der Waals surface area contributed by atoms with E-state index in [1.165, 1.54) is 12.1 Å². The molecule has 1 aliphatic rings. The zero-order chi connectivity index (χ0) is 9.97. The van der Waals surface area contributed by atoms with Crippen LogP contribution in [-0.4, -0.2) is 19.8 Å². The molecular formula is C11H14FNO. The molecule has 1 aromatic carbocycles. The van der Waals surface area contributed by atoms with Crippen LogP contribution >= 0.6 is 0 Å². The molecule has 2 nitrogen and oxygen atoms in total. The van der Waals surface area contributed by atoms with Crippen molar-refractivity contribution in [3.63, 3.8) is 0 Å². The number of ether oxygens (including phenoxy) is 1. The van der Waals surface area contributed by atoms with E-state index in [0.717, 1.165) is 18.5 Å². The second-order valence-electron chi connectivity index (χ2n) is 3.61. The quantitative estimate of drug-likeness (QED) is 0.778. The van der Waals surface area contributed by atoms with Gasteiger partial charge in [0.25, 0.3) is 0 Å². The molecule has 2 atom stereocenters. The summed E-state index contributed by atoms with van der Waals surface area (Å²) in [5.41, 5.74) is 1.13. The highest BCUT2D eigenvalue weighted by Crippen LogP contribution is 2.24. The molecule has 0 aromatic heterocycles. The van der Waals surface area contributed by atoms with Crippen molar-refractivity contribution in [3.8, 4) is 0 Å². The maximum atomic E-state index is 12.7. The summed E-state index contributed by atoms with van der Waals surface area (Å²) in [5.74, 6) is -0.185. The lowest BCUT2D eigenvalue weighted by molar-refractivity contribution is 0.117. The van der Waals surface area contributed by atoms with Crippen LogP contribution in [0.15, 0.2) is 24.3 Å². The largest absolute Gasteiger partial charge is 0.380 e. The Bertz CT molecular complexity index is 299. The maximum absolute atomic E-state index is 12.7. The molecule has 2 rings (SSSR count). The highest BCUT2D eigenvalue weighted by molar-refractivity contribution is 5.21.